The smallest absolute Gasteiger partial charge is 0.317 e. The summed E-state index contributed by atoms with van der Waals surface area (Å²) >= 11 is 0. The van der Waals surface area contributed by atoms with E-state index in [1.54, 1.807) is 13.8 Å². The fraction of sp³-hybridized carbons (Fsp3) is 0.500. The summed E-state index contributed by atoms with van der Waals surface area (Å²) in [6.07, 6.45) is 5.15. The summed E-state index contributed by atoms with van der Waals surface area (Å²) < 4.78 is 10.6. The summed E-state index contributed by atoms with van der Waals surface area (Å²) in [5.41, 5.74) is 1.99. The van der Waals surface area contributed by atoms with Crippen LogP contribution in [0.5, 0.6) is 0 Å². The predicted octanol–water partition coefficient (Wildman–Crippen LogP) is 3.88. The van der Waals surface area contributed by atoms with Crippen molar-refractivity contribution in [1.29, 1.82) is 0 Å². The molecular weight excluding hydrogens is 304 g/mol. The van der Waals surface area contributed by atoms with E-state index in [9.17, 15) is 9.59 Å². The molecule has 4 heteroatoms. The quantitative estimate of drug-likeness (QED) is 0.743. The highest BCUT2D eigenvalue weighted by molar-refractivity contribution is 5.94. The van der Waals surface area contributed by atoms with Crippen LogP contribution < -0.4 is 0 Å². The molecule has 1 aliphatic carbocycles. The van der Waals surface area contributed by atoms with Gasteiger partial charge < -0.3 is 9.47 Å². The minimum Gasteiger partial charge on any atom is -0.465 e. The Morgan fingerprint density at radius 3 is 2.38 bits per heavy atom. The van der Waals surface area contributed by atoms with Crippen molar-refractivity contribution in [1.82, 2.24) is 0 Å². The number of hydrogen-bond acceptors (Lipinski definition) is 4. The number of carbonyl (C=O) groups excluding carboxylic acids is 2. The molecule has 0 spiro atoms. The largest absolute Gasteiger partial charge is 0.465 e. The lowest BCUT2D eigenvalue weighted by atomic mass is 9.65. The number of aryl methyl sites for hydroxylation is 1. The Kier molecular flexibility index (Phi) is 5.81. The molecule has 0 fully saturated rings. The molecule has 1 aliphatic rings. The van der Waals surface area contributed by atoms with Gasteiger partial charge in [-0.3, -0.25) is 9.59 Å². The third-order valence-electron chi connectivity index (χ3n) is 4.71. The van der Waals surface area contributed by atoms with Gasteiger partial charge in [0.2, 0.25) is 0 Å². The van der Waals surface area contributed by atoms with Crippen LogP contribution in [0, 0.1) is 5.41 Å². The van der Waals surface area contributed by atoms with Gasteiger partial charge in [-0.05, 0) is 43.4 Å². The van der Waals surface area contributed by atoms with Gasteiger partial charge in [0.25, 0.3) is 0 Å². The molecular formula is C20H26O4. The number of carbonyl (C=O) groups is 2. The second-order valence-corrected chi connectivity index (χ2v) is 5.95. The van der Waals surface area contributed by atoms with E-state index in [2.05, 4.69) is 13.0 Å². The van der Waals surface area contributed by atoms with Crippen LogP contribution in [0.3, 0.4) is 0 Å². The van der Waals surface area contributed by atoms with E-state index < -0.39 is 11.3 Å². The summed E-state index contributed by atoms with van der Waals surface area (Å²) in [5, 5.41) is 0. The monoisotopic (exact) mass is 330 g/mol. The van der Waals surface area contributed by atoms with Crippen LogP contribution in [-0.2, 0) is 25.5 Å². The van der Waals surface area contributed by atoms with Crippen LogP contribution in [0.25, 0.3) is 6.08 Å². The van der Waals surface area contributed by atoms with Crippen molar-refractivity contribution < 1.29 is 19.1 Å². The maximum absolute atomic E-state index is 12.7. The molecule has 2 atom stereocenters. The Balaban J connectivity index is 2.60. The zero-order valence-corrected chi connectivity index (χ0v) is 14.9. The molecule has 1 aromatic rings. The van der Waals surface area contributed by atoms with Crippen molar-refractivity contribution in [2.45, 2.75) is 46.5 Å². The van der Waals surface area contributed by atoms with E-state index in [1.165, 1.54) is 5.56 Å². The van der Waals surface area contributed by atoms with Gasteiger partial charge in [0.1, 0.15) is 11.3 Å². The Morgan fingerprint density at radius 1 is 1.08 bits per heavy atom. The van der Waals surface area contributed by atoms with Gasteiger partial charge >= 0.3 is 11.9 Å². The molecule has 0 aliphatic heterocycles. The van der Waals surface area contributed by atoms with Gasteiger partial charge in [-0.25, -0.2) is 0 Å². The maximum Gasteiger partial charge on any atom is 0.317 e. The summed E-state index contributed by atoms with van der Waals surface area (Å²) in [5.74, 6) is -1.42. The third-order valence-corrected chi connectivity index (χ3v) is 4.71. The molecule has 130 valence electrons. The molecule has 0 radical (unpaired) electrons. The first-order valence-electron chi connectivity index (χ1n) is 8.69. The normalized spacial score (nSPS) is 21.9. The highest BCUT2D eigenvalue weighted by atomic mass is 16.5. The van der Waals surface area contributed by atoms with Crippen molar-refractivity contribution in [2.75, 3.05) is 13.2 Å². The van der Waals surface area contributed by atoms with Crippen molar-refractivity contribution in [3.8, 4) is 0 Å². The summed E-state index contributed by atoms with van der Waals surface area (Å²) in [6, 6.07) is 6.03. The number of rotatable bonds is 6. The fourth-order valence-electron chi connectivity index (χ4n) is 3.34. The van der Waals surface area contributed by atoms with Crippen LogP contribution in [-0.4, -0.2) is 25.2 Å². The van der Waals surface area contributed by atoms with E-state index in [0.29, 0.717) is 6.42 Å². The average molecular weight is 330 g/mol. The Hall–Kier alpha value is -2.10. The van der Waals surface area contributed by atoms with Crippen molar-refractivity contribution in [2.24, 2.45) is 5.41 Å². The third kappa shape index (κ3) is 3.10. The number of fused-ring (bicyclic) bond motifs is 1. The molecule has 2 unspecified atom stereocenters. The number of ether oxygens (including phenoxy) is 2. The zero-order valence-electron chi connectivity index (χ0n) is 14.9. The van der Waals surface area contributed by atoms with Gasteiger partial charge in [0.15, 0.2) is 0 Å². The first-order chi connectivity index (χ1) is 11.5. The van der Waals surface area contributed by atoms with Crippen molar-refractivity contribution in [3.63, 3.8) is 0 Å². The Labute approximate surface area is 143 Å². The summed E-state index contributed by atoms with van der Waals surface area (Å²) in [4.78, 5) is 25.5. The maximum atomic E-state index is 12.7. The van der Waals surface area contributed by atoms with Crippen LogP contribution >= 0.6 is 0 Å². The van der Waals surface area contributed by atoms with Gasteiger partial charge in [-0.15, -0.1) is 0 Å². The van der Waals surface area contributed by atoms with Gasteiger partial charge in [0.05, 0.1) is 13.2 Å². The number of esters is 2. The predicted molar refractivity (Wildman–Crippen MR) is 93.6 cm³/mol. The fourth-order valence-corrected chi connectivity index (χ4v) is 3.34. The average Bonchev–Trinajstić information content (AvgIpc) is 2.60. The molecule has 24 heavy (non-hydrogen) atoms. The zero-order chi connectivity index (χ0) is 17.7. The van der Waals surface area contributed by atoms with E-state index >= 15 is 0 Å². The lowest BCUT2D eigenvalue weighted by Crippen LogP contribution is -2.42. The summed E-state index contributed by atoms with van der Waals surface area (Å²) in [7, 11) is 0. The topological polar surface area (TPSA) is 52.6 Å². The van der Waals surface area contributed by atoms with Crippen molar-refractivity contribution in [3.05, 3.63) is 41.0 Å². The molecule has 0 saturated heterocycles. The first kappa shape index (κ1) is 18.2. The van der Waals surface area contributed by atoms with Gasteiger partial charge in [-0.1, -0.05) is 44.2 Å². The lowest BCUT2D eigenvalue weighted by Gasteiger charge is -2.37. The molecule has 0 N–H and O–H groups in total. The lowest BCUT2D eigenvalue weighted by molar-refractivity contribution is -0.162. The highest BCUT2D eigenvalue weighted by Gasteiger charge is 2.51. The van der Waals surface area contributed by atoms with E-state index in [-0.39, 0.29) is 25.2 Å². The molecule has 0 aromatic heterocycles. The Bertz CT molecular complexity index is 647. The molecule has 4 nitrogen and oxygen atoms in total. The first-order valence-corrected chi connectivity index (χ1v) is 8.69. The number of benzene rings is 1. The molecule has 2 rings (SSSR count). The highest BCUT2D eigenvalue weighted by Crippen LogP contribution is 2.47. The van der Waals surface area contributed by atoms with Gasteiger partial charge in [0, 0.05) is 0 Å². The minimum atomic E-state index is -1.01. The second kappa shape index (κ2) is 7.65. The number of hydrogen-bond donors (Lipinski definition) is 0. The van der Waals surface area contributed by atoms with Crippen LogP contribution in [0.15, 0.2) is 24.3 Å². The van der Waals surface area contributed by atoms with Crippen LogP contribution in [0.1, 0.15) is 56.7 Å². The molecule has 0 bridgehead atoms. The summed E-state index contributed by atoms with van der Waals surface area (Å²) in [6.45, 7) is 8.10. The van der Waals surface area contributed by atoms with E-state index in [4.69, 9.17) is 9.47 Å². The van der Waals surface area contributed by atoms with Crippen molar-refractivity contribution >= 4 is 18.0 Å². The van der Waals surface area contributed by atoms with E-state index in [0.717, 1.165) is 17.5 Å². The van der Waals surface area contributed by atoms with E-state index in [1.807, 2.05) is 31.2 Å². The molecule has 1 aromatic carbocycles. The molecule has 0 heterocycles. The minimum absolute atomic E-state index is 0.282. The van der Waals surface area contributed by atoms with Crippen LogP contribution in [0.4, 0.5) is 0 Å². The van der Waals surface area contributed by atoms with Crippen LogP contribution in [0.2, 0.25) is 0 Å². The molecule has 0 saturated carbocycles. The Morgan fingerprint density at radius 2 is 1.79 bits per heavy atom. The standard InChI is InChI=1S/C20H26O4/c1-5-14-9-10-16-15(13-14)11-12-20(6-2,19(22)24-8-4)17(16)18(21)23-7-3/h9-13,17H,5-8H2,1-4H3. The second-order valence-electron chi connectivity index (χ2n) is 5.95. The SMILES string of the molecule is CCOC(=O)C1c2ccc(CC)cc2C=CC1(CC)C(=O)OCC. The van der Waals surface area contributed by atoms with Gasteiger partial charge in [-0.2, -0.15) is 0 Å². The molecule has 0 amide bonds.